The molecular formula is C40H81NO8P+. The van der Waals surface area contributed by atoms with Crippen LogP contribution >= 0.6 is 7.82 Å². The third kappa shape index (κ3) is 36.8. The average molecular weight is 735 g/mol. The van der Waals surface area contributed by atoms with E-state index in [1.165, 1.54) is 128 Å². The van der Waals surface area contributed by atoms with E-state index in [1.54, 1.807) is 0 Å². The van der Waals surface area contributed by atoms with E-state index < -0.39 is 19.9 Å². The van der Waals surface area contributed by atoms with Crippen molar-refractivity contribution in [2.45, 2.75) is 200 Å². The van der Waals surface area contributed by atoms with Gasteiger partial charge in [0.1, 0.15) is 32.5 Å². The maximum absolute atomic E-state index is 12.6. The first kappa shape index (κ1) is 49.0. The first-order valence-corrected chi connectivity index (χ1v) is 22.3. The van der Waals surface area contributed by atoms with Crippen molar-refractivity contribution in [2.24, 2.45) is 0 Å². The third-order valence-electron chi connectivity index (χ3n) is 9.13. The number of nitrogens with zero attached hydrogens (tertiary/aromatic N) is 1. The van der Waals surface area contributed by atoms with Crippen LogP contribution in [0.1, 0.15) is 194 Å². The molecule has 298 valence electrons. The van der Waals surface area contributed by atoms with Gasteiger partial charge in [-0.2, -0.15) is 0 Å². The minimum absolute atomic E-state index is 0.0155. The van der Waals surface area contributed by atoms with E-state index in [1.807, 2.05) is 21.1 Å². The highest BCUT2D eigenvalue weighted by Gasteiger charge is 2.29. The zero-order chi connectivity index (χ0) is 37.2. The predicted octanol–water partition coefficient (Wildman–Crippen LogP) is 11.2. The highest BCUT2D eigenvalue weighted by molar-refractivity contribution is 7.47. The van der Waals surface area contributed by atoms with Crippen LogP contribution in [0.25, 0.3) is 0 Å². The van der Waals surface area contributed by atoms with Gasteiger partial charge in [0.25, 0.3) is 0 Å². The van der Waals surface area contributed by atoms with E-state index in [9.17, 15) is 19.0 Å². The first-order chi connectivity index (χ1) is 24.0. The number of phosphoric acid groups is 1. The molecule has 0 saturated heterocycles. The van der Waals surface area contributed by atoms with Gasteiger partial charge in [0.05, 0.1) is 21.1 Å². The lowest BCUT2D eigenvalue weighted by atomic mass is 10.0. The SMILES string of the molecule is CCCCCCCCCCCCCCCCCC(=O)OCC(COC(=O)CCCCCCCCCCCCC)OP(=O)(O)OCC[N+](C)(C)C. The number of hydrogen-bond donors (Lipinski definition) is 1. The van der Waals surface area contributed by atoms with Crippen LogP contribution in [-0.4, -0.2) is 74.9 Å². The Morgan fingerprint density at radius 2 is 0.840 bits per heavy atom. The highest BCUT2D eigenvalue weighted by atomic mass is 31.2. The van der Waals surface area contributed by atoms with Gasteiger partial charge >= 0.3 is 19.8 Å². The summed E-state index contributed by atoms with van der Waals surface area (Å²) < 4.78 is 34.4. The molecule has 0 rings (SSSR count). The summed E-state index contributed by atoms with van der Waals surface area (Å²) in [7, 11) is 1.39. The number of carbonyl (C=O) groups excluding carboxylic acids is 2. The van der Waals surface area contributed by atoms with Crippen molar-refractivity contribution in [3.63, 3.8) is 0 Å². The second-order valence-electron chi connectivity index (χ2n) is 15.4. The number of likely N-dealkylation sites (N-methyl/N-ethyl adjacent to an activating group) is 1. The lowest BCUT2D eigenvalue weighted by Crippen LogP contribution is -2.37. The molecule has 0 aliphatic heterocycles. The van der Waals surface area contributed by atoms with Gasteiger partial charge in [-0.1, -0.05) is 168 Å². The van der Waals surface area contributed by atoms with Gasteiger partial charge in [-0.3, -0.25) is 18.6 Å². The van der Waals surface area contributed by atoms with Crippen LogP contribution in [0, 0.1) is 0 Å². The van der Waals surface area contributed by atoms with Crippen LogP contribution in [0.5, 0.6) is 0 Å². The van der Waals surface area contributed by atoms with Crippen LogP contribution in [0.3, 0.4) is 0 Å². The van der Waals surface area contributed by atoms with E-state index in [2.05, 4.69) is 13.8 Å². The van der Waals surface area contributed by atoms with Crippen molar-refractivity contribution in [3.8, 4) is 0 Å². The van der Waals surface area contributed by atoms with Crippen molar-refractivity contribution in [1.29, 1.82) is 0 Å². The minimum Gasteiger partial charge on any atom is -0.463 e. The Labute approximate surface area is 308 Å². The molecule has 50 heavy (non-hydrogen) atoms. The first-order valence-electron chi connectivity index (χ1n) is 20.8. The number of quaternary nitrogens is 1. The van der Waals surface area contributed by atoms with Gasteiger partial charge in [-0.15, -0.1) is 0 Å². The number of rotatable bonds is 38. The summed E-state index contributed by atoms with van der Waals surface area (Å²) in [5.41, 5.74) is 0. The number of carbonyl (C=O) groups is 2. The number of ether oxygens (including phenoxy) is 2. The van der Waals surface area contributed by atoms with E-state index in [-0.39, 0.29) is 38.6 Å². The molecular weight excluding hydrogens is 653 g/mol. The van der Waals surface area contributed by atoms with Crippen molar-refractivity contribution in [2.75, 3.05) is 47.5 Å². The molecule has 0 amide bonds. The normalized spacial score (nSPS) is 13.6. The molecule has 0 radical (unpaired) electrons. The molecule has 2 unspecified atom stereocenters. The van der Waals surface area contributed by atoms with E-state index >= 15 is 0 Å². The number of unbranched alkanes of at least 4 members (excludes halogenated alkanes) is 24. The molecule has 0 saturated carbocycles. The summed E-state index contributed by atoms with van der Waals surface area (Å²) in [5, 5.41) is 0. The van der Waals surface area contributed by atoms with Gasteiger partial charge in [0.15, 0.2) is 0 Å². The lowest BCUT2D eigenvalue weighted by Gasteiger charge is -2.25. The minimum atomic E-state index is -4.45. The Balaban J connectivity index is 4.31. The van der Waals surface area contributed by atoms with Gasteiger partial charge in [0.2, 0.25) is 0 Å². The molecule has 0 aliphatic carbocycles. The van der Waals surface area contributed by atoms with Gasteiger partial charge in [-0.05, 0) is 12.8 Å². The smallest absolute Gasteiger partial charge is 0.463 e. The maximum Gasteiger partial charge on any atom is 0.472 e. The summed E-state index contributed by atoms with van der Waals surface area (Å²) >= 11 is 0. The van der Waals surface area contributed by atoms with Crippen LogP contribution in [0.4, 0.5) is 0 Å². The van der Waals surface area contributed by atoms with Crippen LogP contribution in [0.2, 0.25) is 0 Å². The Hall–Kier alpha value is -0.990. The van der Waals surface area contributed by atoms with E-state index in [0.717, 1.165) is 38.5 Å². The number of phosphoric ester groups is 1. The molecule has 0 bridgehead atoms. The fourth-order valence-electron chi connectivity index (χ4n) is 5.85. The summed E-state index contributed by atoms with van der Waals surface area (Å²) in [6.45, 7) is 4.44. The molecule has 2 atom stereocenters. The van der Waals surface area contributed by atoms with Crippen molar-refractivity contribution in [1.82, 2.24) is 0 Å². The number of esters is 2. The maximum atomic E-state index is 12.6. The average Bonchev–Trinajstić information content (AvgIpc) is 3.05. The molecule has 9 nitrogen and oxygen atoms in total. The third-order valence-corrected chi connectivity index (χ3v) is 10.2. The monoisotopic (exact) mass is 735 g/mol. The van der Waals surface area contributed by atoms with Gasteiger partial charge in [-0.25, -0.2) is 4.57 Å². The molecule has 0 aromatic heterocycles. The Bertz CT molecular complexity index is 835. The quantitative estimate of drug-likeness (QED) is 0.0289. The highest BCUT2D eigenvalue weighted by Crippen LogP contribution is 2.44. The Kier molecular flexibility index (Phi) is 33.2. The Morgan fingerprint density at radius 1 is 0.540 bits per heavy atom. The van der Waals surface area contributed by atoms with Crippen molar-refractivity contribution < 1.29 is 42.1 Å². The Morgan fingerprint density at radius 3 is 1.14 bits per heavy atom. The summed E-state index contributed by atoms with van der Waals surface area (Å²) in [5.74, 6) is -0.781. The van der Waals surface area contributed by atoms with Crippen molar-refractivity contribution >= 4 is 19.8 Å². The van der Waals surface area contributed by atoms with Crippen LogP contribution in [0.15, 0.2) is 0 Å². The molecule has 0 aromatic rings. The molecule has 0 fully saturated rings. The molecule has 1 N–H and O–H groups in total. The van der Waals surface area contributed by atoms with Gasteiger partial charge < -0.3 is 18.9 Å². The summed E-state index contributed by atoms with van der Waals surface area (Å²) in [4.78, 5) is 35.2. The summed E-state index contributed by atoms with van der Waals surface area (Å²) in [6.07, 6.45) is 31.3. The predicted molar refractivity (Wildman–Crippen MR) is 206 cm³/mol. The lowest BCUT2D eigenvalue weighted by molar-refractivity contribution is -0.870. The van der Waals surface area contributed by atoms with E-state index in [0.29, 0.717) is 11.0 Å². The molecule has 0 spiro atoms. The second-order valence-corrected chi connectivity index (χ2v) is 16.8. The molecule has 10 heteroatoms. The summed E-state index contributed by atoms with van der Waals surface area (Å²) in [6, 6.07) is 0. The van der Waals surface area contributed by atoms with Gasteiger partial charge in [0, 0.05) is 12.8 Å². The van der Waals surface area contributed by atoms with E-state index in [4.69, 9.17) is 18.5 Å². The molecule has 0 heterocycles. The van der Waals surface area contributed by atoms with Crippen LogP contribution in [-0.2, 0) is 32.7 Å². The number of hydrogen-bond acceptors (Lipinski definition) is 7. The fourth-order valence-corrected chi connectivity index (χ4v) is 6.72. The van der Waals surface area contributed by atoms with Crippen molar-refractivity contribution in [3.05, 3.63) is 0 Å². The zero-order valence-corrected chi connectivity index (χ0v) is 34.3. The zero-order valence-electron chi connectivity index (χ0n) is 33.4. The largest absolute Gasteiger partial charge is 0.472 e. The fraction of sp³-hybridized carbons (Fsp3) is 0.950. The molecule has 0 aliphatic rings. The standard InChI is InChI=1S/C40H80NO8P/c1-6-8-10-12-14-16-18-19-20-21-23-25-27-29-31-33-40(43)47-37-38(49-50(44,45)48-35-34-41(3,4)5)36-46-39(42)32-30-28-26-24-22-17-15-13-11-9-7-2/h38H,6-37H2,1-5H3/p+1. The molecule has 0 aromatic carbocycles. The second kappa shape index (κ2) is 33.8. The van der Waals surface area contributed by atoms with Crippen LogP contribution < -0.4 is 0 Å². The topological polar surface area (TPSA) is 108 Å².